The zero-order valence-corrected chi connectivity index (χ0v) is 14.2. The van der Waals surface area contributed by atoms with Crippen LogP contribution < -0.4 is 10.6 Å². The van der Waals surface area contributed by atoms with Gasteiger partial charge in [0.25, 0.3) is 0 Å². The van der Waals surface area contributed by atoms with Crippen molar-refractivity contribution >= 4 is 12.0 Å². The maximum absolute atomic E-state index is 12.2. The number of aromatic hydroxyl groups is 1. The summed E-state index contributed by atoms with van der Waals surface area (Å²) in [5.41, 5.74) is 0.171. The Morgan fingerprint density at radius 1 is 1.30 bits per heavy atom. The van der Waals surface area contributed by atoms with Crippen LogP contribution in [-0.4, -0.2) is 28.7 Å². The fourth-order valence-corrected chi connectivity index (χ4v) is 1.99. The number of carbonyl (C=O) groups is 2. The summed E-state index contributed by atoms with van der Waals surface area (Å²) < 4.78 is 5.18. The first-order valence-corrected chi connectivity index (χ1v) is 7.76. The number of carbonyl (C=O) groups excluding carboxylic acids is 2. The first-order valence-electron chi connectivity index (χ1n) is 7.76. The Kier molecular flexibility index (Phi) is 6.88. The number of rotatable bonds is 6. The van der Waals surface area contributed by atoms with Crippen molar-refractivity contribution in [1.29, 1.82) is 0 Å². The summed E-state index contributed by atoms with van der Waals surface area (Å²) in [6, 6.07) is 6.01. The van der Waals surface area contributed by atoms with E-state index in [2.05, 4.69) is 10.6 Å². The molecule has 6 nitrogen and oxygen atoms in total. The Hall–Kier alpha value is -2.24. The molecule has 0 fully saturated rings. The number of phenols is 1. The molecule has 3 N–H and O–H groups in total. The van der Waals surface area contributed by atoms with Gasteiger partial charge in [-0.15, -0.1) is 0 Å². The van der Waals surface area contributed by atoms with Gasteiger partial charge in [-0.2, -0.15) is 0 Å². The van der Waals surface area contributed by atoms with Crippen molar-refractivity contribution in [2.45, 2.75) is 58.7 Å². The predicted octanol–water partition coefficient (Wildman–Crippen LogP) is 2.70. The summed E-state index contributed by atoms with van der Waals surface area (Å²) in [5.74, 6) is -0.130. The molecule has 1 unspecified atom stereocenters. The van der Waals surface area contributed by atoms with Gasteiger partial charge in [-0.1, -0.05) is 25.5 Å². The fraction of sp³-hybridized carbons (Fsp3) is 0.529. The van der Waals surface area contributed by atoms with Gasteiger partial charge >= 0.3 is 6.09 Å². The second-order valence-electron chi connectivity index (χ2n) is 6.38. The molecule has 0 aliphatic carbocycles. The summed E-state index contributed by atoms with van der Waals surface area (Å²) in [6.45, 7) is 7.52. The van der Waals surface area contributed by atoms with E-state index in [-0.39, 0.29) is 18.2 Å². The predicted molar refractivity (Wildman–Crippen MR) is 88.0 cm³/mol. The van der Waals surface area contributed by atoms with Crippen LogP contribution in [0.3, 0.4) is 0 Å². The fourth-order valence-electron chi connectivity index (χ4n) is 1.99. The van der Waals surface area contributed by atoms with E-state index in [4.69, 9.17) is 4.74 Å². The second-order valence-corrected chi connectivity index (χ2v) is 6.38. The third kappa shape index (κ3) is 7.54. The van der Waals surface area contributed by atoms with Crippen molar-refractivity contribution in [2.75, 3.05) is 0 Å². The highest BCUT2D eigenvalue weighted by atomic mass is 16.6. The molecule has 0 saturated heterocycles. The van der Waals surface area contributed by atoms with Crippen molar-refractivity contribution in [3.8, 4) is 5.75 Å². The molecule has 0 spiro atoms. The molecule has 1 atom stereocenters. The summed E-state index contributed by atoms with van der Waals surface area (Å²) in [6.07, 6.45) is 0.661. The molecule has 0 aromatic heterocycles. The molecule has 2 amide bonds. The van der Waals surface area contributed by atoms with Crippen LogP contribution in [0.25, 0.3) is 0 Å². The van der Waals surface area contributed by atoms with Crippen molar-refractivity contribution in [3.05, 3.63) is 29.8 Å². The van der Waals surface area contributed by atoms with Crippen molar-refractivity contribution in [3.63, 3.8) is 0 Å². The first-order chi connectivity index (χ1) is 10.7. The smallest absolute Gasteiger partial charge is 0.408 e. The van der Waals surface area contributed by atoms with Crippen LogP contribution in [0.15, 0.2) is 24.3 Å². The molecule has 0 radical (unpaired) electrons. The van der Waals surface area contributed by atoms with E-state index in [0.29, 0.717) is 6.42 Å². The number of benzene rings is 1. The quantitative estimate of drug-likeness (QED) is 0.751. The van der Waals surface area contributed by atoms with Gasteiger partial charge in [0.15, 0.2) is 0 Å². The molecule has 0 saturated carbocycles. The Morgan fingerprint density at radius 3 is 2.57 bits per heavy atom. The van der Waals surface area contributed by atoms with E-state index in [9.17, 15) is 14.7 Å². The molecule has 6 heteroatoms. The second kappa shape index (κ2) is 8.41. The van der Waals surface area contributed by atoms with Crippen LogP contribution in [0.1, 0.15) is 46.1 Å². The van der Waals surface area contributed by atoms with E-state index in [0.717, 1.165) is 12.0 Å². The SMILES string of the molecule is CCCC(NC(=O)OC(C)(C)C)C(=O)NCc1cccc(O)c1. The maximum atomic E-state index is 12.2. The number of ether oxygens (including phenoxy) is 1. The van der Waals surface area contributed by atoms with Crippen molar-refractivity contribution in [1.82, 2.24) is 10.6 Å². The molecular weight excluding hydrogens is 296 g/mol. The minimum atomic E-state index is -0.646. The lowest BCUT2D eigenvalue weighted by Gasteiger charge is -2.23. The summed E-state index contributed by atoms with van der Waals surface area (Å²) in [4.78, 5) is 24.1. The van der Waals surface area contributed by atoms with E-state index >= 15 is 0 Å². The molecule has 0 bridgehead atoms. The molecule has 1 rings (SSSR count). The molecule has 0 aliphatic rings. The number of hydrogen-bond donors (Lipinski definition) is 3. The number of alkyl carbamates (subject to hydrolysis) is 1. The zero-order valence-electron chi connectivity index (χ0n) is 14.2. The Morgan fingerprint density at radius 2 is 2.00 bits per heavy atom. The van der Waals surface area contributed by atoms with E-state index in [1.165, 1.54) is 0 Å². The van der Waals surface area contributed by atoms with Crippen LogP contribution >= 0.6 is 0 Å². The average Bonchev–Trinajstić information content (AvgIpc) is 2.42. The first kappa shape index (κ1) is 18.8. The molecule has 23 heavy (non-hydrogen) atoms. The van der Waals surface area contributed by atoms with Crippen molar-refractivity contribution in [2.24, 2.45) is 0 Å². The van der Waals surface area contributed by atoms with Gasteiger partial charge in [0, 0.05) is 6.54 Å². The van der Waals surface area contributed by atoms with Crippen LogP contribution in [0, 0.1) is 0 Å². The lowest BCUT2D eigenvalue weighted by Crippen LogP contribution is -2.47. The topological polar surface area (TPSA) is 87.7 Å². The number of phenolic OH excluding ortho intramolecular Hbond substituents is 1. The average molecular weight is 322 g/mol. The van der Waals surface area contributed by atoms with E-state index < -0.39 is 17.7 Å². The normalized spacial score (nSPS) is 12.3. The van der Waals surface area contributed by atoms with Gasteiger partial charge in [0.05, 0.1) is 0 Å². The van der Waals surface area contributed by atoms with Crippen LogP contribution in [0.4, 0.5) is 4.79 Å². The van der Waals surface area contributed by atoms with Gasteiger partial charge in [-0.3, -0.25) is 4.79 Å². The lowest BCUT2D eigenvalue weighted by atomic mass is 10.1. The number of nitrogens with one attached hydrogen (secondary N) is 2. The van der Waals surface area contributed by atoms with Gasteiger partial charge in [-0.05, 0) is 44.9 Å². The third-order valence-electron chi connectivity index (χ3n) is 2.96. The zero-order chi connectivity index (χ0) is 17.5. The molecule has 0 aliphatic heterocycles. The monoisotopic (exact) mass is 322 g/mol. The van der Waals surface area contributed by atoms with Crippen LogP contribution in [-0.2, 0) is 16.1 Å². The minimum Gasteiger partial charge on any atom is -0.508 e. The molecular formula is C17H26N2O4. The molecule has 1 aromatic rings. The van der Waals surface area contributed by atoms with E-state index in [1.54, 1.807) is 45.0 Å². The summed E-state index contributed by atoms with van der Waals surface area (Å²) in [5, 5.41) is 14.8. The summed E-state index contributed by atoms with van der Waals surface area (Å²) >= 11 is 0. The van der Waals surface area contributed by atoms with Crippen LogP contribution in [0.2, 0.25) is 0 Å². The molecule has 0 heterocycles. The standard InChI is InChI=1S/C17H26N2O4/c1-5-7-14(19-16(22)23-17(2,3)4)15(21)18-11-12-8-6-9-13(20)10-12/h6,8-10,14,20H,5,7,11H2,1-4H3,(H,18,21)(H,19,22). The number of amides is 2. The Labute approximate surface area is 137 Å². The van der Waals surface area contributed by atoms with E-state index in [1.807, 2.05) is 6.92 Å². The highest BCUT2D eigenvalue weighted by Crippen LogP contribution is 2.11. The number of hydrogen-bond acceptors (Lipinski definition) is 4. The highest BCUT2D eigenvalue weighted by Gasteiger charge is 2.23. The minimum absolute atomic E-state index is 0.147. The van der Waals surface area contributed by atoms with Crippen LogP contribution in [0.5, 0.6) is 5.75 Å². The Bertz CT molecular complexity index is 538. The lowest BCUT2D eigenvalue weighted by molar-refractivity contribution is -0.123. The van der Waals surface area contributed by atoms with Crippen molar-refractivity contribution < 1.29 is 19.4 Å². The maximum Gasteiger partial charge on any atom is 0.408 e. The summed E-state index contributed by atoms with van der Waals surface area (Å²) in [7, 11) is 0. The van der Waals surface area contributed by atoms with Gasteiger partial charge in [0.1, 0.15) is 17.4 Å². The molecule has 1 aromatic carbocycles. The molecule has 128 valence electrons. The highest BCUT2D eigenvalue weighted by molar-refractivity contribution is 5.85. The van der Waals surface area contributed by atoms with Gasteiger partial charge < -0.3 is 20.5 Å². The van der Waals surface area contributed by atoms with Gasteiger partial charge in [0.2, 0.25) is 5.91 Å². The Balaban J connectivity index is 2.58. The largest absolute Gasteiger partial charge is 0.508 e. The third-order valence-corrected chi connectivity index (χ3v) is 2.96. The van der Waals surface area contributed by atoms with Gasteiger partial charge in [-0.25, -0.2) is 4.79 Å².